The number of hydrogen-bond donors (Lipinski definition) is 2. The molecule has 0 heterocycles. The molecule has 4 heteroatoms. The van der Waals surface area contributed by atoms with Gasteiger partial charge in [-0.1, -0.05) is 34.1 Å². The van der Waals surface area contributed by atoms with Gasteiger partial charge < -0.3 is 5.32 Å². The molecule has 18 heavy (non-hydrogen) atoms. The number of thiol groups is 1. The Kier molecular flexibility index (Phi) is 4.44. The largest absolute Gasteiger partial charge is 0.348 e. The Morgan fingerprint density at radius 3 is 2.44 bits per heavy atom. The Bertz CT molecular complexity index is 554. The number of halogens is 1. The molecule has 0 saturated heterocycles. The maximum atomic E-state index is 11.9. The summed E-state index contributed by atoms with van der Waals surface area (Å²) < 4.78 is 0.996. The summed E-state index contributed by atoms with van der Waals surface area (Å²) in [5, 5.41) is 2.88. The number of benzene rings is 2. The average molecular weight is 322 g/mol. The molecule has 0 aromatic heterocycles. The second-order valence-corrected chi connectivity index (χ2v) is 5.19. The minimum Gasteiger partial charge on any atom is -0.348 e. The summed E-state index contributed by atoms with van der Waals surface area (Å²) in [5.74, 6) is -0.0842. The van der Waals surface area contributed by atoms with Gasteiger partial charge in [0, 0.05) is 21.5 Å². The Morgan fingerprint density at radius 2 is 1.78 bits per heavy atom. The summed E-state index contributed by atoms with van der Waals surface area (Å²) in [6.07, 6.45) is 0. The molecule has 92 valence electrons. The van der Waals surface area contributed by atoms with Crippen molar-refractivity contribution in [2.24, 2.45) is 0 Å². The van der Waals surface area contributed by atoms with Gasteiger partial charge in [0.2, 0.25) is 0 Å². The molecule has 0 spiro atoms. The van der Waals surface area contributed by atoms with Crippen LogP contribution in [0.5, 0.6) is 0 Å². The molecule has 0 saturated carbocycles. The van der Waals surface area contributed by atoms with Crippen LogP contribution in [0.1, 0.15) is 15.9 Å². The van der Waals surface area contributed by atoms with Crippen LogP contribution in [0.3, 0.4) is 0 Å². The average Bonchev–Trinajstić information content (AvgIpc) is 2.38. The highest BCUT2D eigenvalue weighted by Crippen LogP contribution is 2.15. The highest BCUT2D eigenvalue weighted by Gasteiger charge is 2.05. The van der Waals surface area contributed by atoms with E-state index in [1.165, 1.54) is 0 Å². The van der Waals surface area contributed by atoms with Crippen LogP contribution in [0.15, 0.2) is 57.9 Å². The lowest BCUT2D eigenvalue weighted by molar-refractivity contribution is 0.0951. The van der Waals surface area contributed by atoms with Crippen LogP contribution in [-0.4, -0.2) is 5.91 Å². The zero-order chi connectivity index (χ0) is 13.0. The van der Waals surface area contributed by atoms with E-state index in [9.17, 15) is 4.79 Å². The van der Waals surface area contributed by atoms with Gasteiger partial charge in [0.05, 0.1) is 0 Å². The molecular weight excluding hydrogens is 310 g/mol. The van der Waals surface area contributed by atoms with Crippen molar-refractivity contribution in [2.45, 2.75) is 11.4 Å². The summed E-state index contributed by atoms with van der Waals surface area (Å²) in [6, 6.07) is 14.9. The van der Waals surface area contributed by atoms with Gasteiger partial charge in [-0.3, -0.25) is 4.79 Å². The minimum atomic E-state index is -0.0842. The van der Waals surface area contributed by atoms with Crippen LogP contribution in [0, 0.1) is 0 Å². The third kappa shape index (κ3) is 3.37. The van der Waals surface area contributed by atoms with Gasteiger partial charge in [-0.15, -0.1) is 12.6 Å². The monoisotopic (exact) mass is 321 g/mol. The smallest absolute Gasteiger partial charge is 0.251 e. The van der Waals surface area contributed by atoms with E-state index in [4.69, 9.17) is 0 Å². The standard InChI is InChI=1S/C14H12BrNOS/c15-13-4-2-1-3-11(13)9-16-14(17)10-5-7-12(18)8-6-10/h1-8,18H,9H2,(H,16,17). The van der Waals surface area contributed by atoms with Crippen molar-refractivity contribution < 1.29 is 4.79 Å². The zero-order valence-corrected chi connectivity index (χ0v) is 12.0. The van der Waals surface area contributed by atoms with Crippen molar-refractivity contribution in [1.82, 2.24) is 5.32 Å². The van der Waals surface area contributed by atoms with Crippen LogP contribution < -0.4 is 5.32 Å². The highest BCUT2D eigenvalue weighted by molar-refractivity contribution is 9.10. The Labute approximate surface area is 120 Å². The van der Waals surface area contributed by atoms with Gasteiger partial charge in [0.15, 0.2) is 0 Å². The number of carbonyl (C=O) groups excluding carboxylic acids is 1. The SMILES string of the molecule is O=C(NCc1ccccc1Br)c1ccc(S)cc1. The van der Waals surface area contributed by atoms with Crippen LogP contribution in [0.2, 0.25) is 0 Å². The van der Waals surface area contributed by atoms with E-state index in [0.717, 1.165) is 14.9 Å². The summed E-state index contributed by atoms with van der Waals surface area (Å²) >= 11 is 7.64. The first-order chi connectivity index (χ1) is 8.66. The van der Waals surface area contributed by atoms with Gasteiger partial charge in [0.1, 0.15) is 0 Å². The van der Waals surface area contributed by atoms with Crippen LogP contribution in [0.25, 0.3) is 0 Å². The molecule has 2 nitrogen and oxygen atoms in total. The molecule has 0 radical (unpaired) electrons. The first-order valence-electron chi connectivity index (χ1n) is 5.47. The van der Waals surface area contributed by atoms with Crippen molar-refractivity contribution in [3.05, 3.63) is 64.1 Å². The number of rotatable bonds is 3. The van der Waals surface area contributed by atoms with Crippen molar-refractivity contribution in [3.8, 4) is 0 Å². The van der Waals surface area contributed by atoms with Gasteiger partial charge in [-0.2, -0.15) is 0 Å². The minimum absolute atomic E-state index is 0.0842. The van der Waals surface area contributed by atoms with Gasteiger partial charge in [0.25, 0.3) is 5.91 Å². The molecule has 0 aliphatic heterocycles. The number of hydrogen-bond acceptors (Lipinski definition) is 2. The van der Waals surface area contributed by atoms with Crippen LogP contribution >= 0.6 is 28.6 Å². The molecule has 2 aromatic rings. The van der Waals surface area contributed by atoms with E-state index in [1.54, 1.807) is 24.3 Å². The van der Waals surface area contributed by atoms with E-state index >= 15 is 0 Å². The summed E-state index contributed by atoms with van der Waals surface area (Å²) in [4.78, 5) is 12.7. The summed E-state index contributed by atoms with van der Waals surface area (Å²) in [7, 11) is 0. The quantitative estimate of drug-likeness (QED) is 0.830. The molecular formula is C14H12BrNOS. The molecule has 0 unspecified atom stereocenters. The molecule has 0 bridgehead atoms. The van der Waals surface area contributed by atoms with Gasteiger partial charge in [-0.25, -0.2) is 0 Å². The maximum Gasteiger partial charge on any atom is 0.251 e. The van der Waals surface area contributed by atoms with E-state index in [1.807, 2.05) is 24.3 Å². The second kappa shape index (κ2) is 6.07. The first-order valence-corrected chi connectivity index (χ1v) is 6.71. The van der Waals surface area contributed by atoms with E-state index in [0.29, 0.717) is 12.1 Å². The lowest BCUT2D eigenvalue weighted by Gasteiger charge is -2.07. The molecule has 2 rings (SSSR count). The normalized spacial score (nSPS) is 10.1. The molecule has 1 amide bonds. The topological polar surface area (TPSA) is 29.1 Å². The number of amides is 1. The number of carbonyl (C=O) groups is 1. The van der Waals surface area contributed by atoms with Gasteiger partial charge in [-0.05, 0) is 35.9 Å². The Balaban J connectivity index is 2.01. The lowest BCUT2D eigenvalue weighted by Crippen LogP contribution is -2.22. The lowest BCUT2D eigenvalue weighted by atomic mass is 10.2. The van der Waals surface area contributed by atoms with Crippen LogP contribution in [0.4, 0.5) is 0 Å². The third-order valence-electron chi connectivity index (χ3n) is 2.53. The molecule has 0 aliphatic rings. The fraction of sp³-hybridized carbons (Fsp3) is 0.0714. The highest BCUT2D eigenvalue weighted by atomic mass is 79.9. The Morgan fingerprint density at radius 1 is 1.11 bits per heavy atom. The summed E-state index contributed by atoms with van der Waals surface area (Å²) in [6.45, 7) is 0.503. The second-order valence-electron chi connectivity index (χ2n) is 3.82. The molecule has 0 fully saturated rings. The zero-order valence-electron chi connectivity index (χ0n) is 9.56. The third-order valence-corrected chi connectivity index (χ3v) is 3.60. The van der Waals surface area contributed by atoms with E-state index in [2.05, 4.69) is 33.9 Å². The van der Waals surface area contributed by atoms with Gasteiger partial charge >= 0.3 is 0 Å². The van der Waals surface area contributed by atoms with E-state index < -0.39 is 0 Å². The maximum absolute atomic E-state index is 11.9. The van der Waals surface area contributed by atoms with Crippen molar-refractivity contribution in [2.75, 3.05) is 0 Å². The Hall–Kier alpha value is -1.26. The first kappa shape index (κ1) is 13.2. The molecule has 0 aliphatic carbocycles. The molecule has 2 aromatic carbocycles. The number of nitrogens with one attached hydrogen (secondary N) is 1. The molecule has 0 atom stereocenters. The fourth-order valence-electron chi connectivity index (χ4n) is 1.53. The predicted octanol–water partition coefficient (Wildman–Crippen LogP) is 3.67. The summed E-state index contributed by atoms with van der Waals surface area (Å²) in [5.41, 5.74) is 1.69. The van der Waals surface area contributed by atoms with Crippen LogP contribution in [-0.2, 0) is 6.54 Å². The van der Waals surface area contributed by atoms with Crippen molar-refractivity contribution in [1.29, 1.82) is 0 Å². The predicted molar refractivity (Wildman–Crippen MR) is 79.0 cm³/mol. The fourth-order valence-corrected chi connectivity index (χ4v) is 2.11. The van der Waals surface area contributed by atoms with E-state index in [-0.39, 0.29) is 5.91 Å². The molecule has 1 N–H and O–H groups in total. The van der Waals surface area contributed by atoms with Crippen molar-refractivity contribution in [3.63, 3.8) is 0 Å². The van der Waals surface area contributed by atoms with Crippen molar-refractivity contribution >= 4 is 34.5 Å².